The first kappa shape index (κ1) is 12.1. The van der Waals surface area contributed by atoms with E-state index in [9.17, 15) is 5.11 Å². The summed E-state index contributed by atoms with van der Waals surface area (Å²) in [5.41, 5.74) is 3.63. The van der Waals surface area contributed by atoms with Crippen LogP contribution in [-0.2, 0) is 0 Å². The second-order valence-corrected chi connectivity index (χ2v) is 4.94. The average molecular weight is 207 g/mol. The Morgan fingerprint density at radius 1 is 1.20 bits per heavy atom. The van der Waals surface area contributed by atoms with E-state index < -0.39 is 0 Å². The zero-order chi connectivity index (χ0) is 11.5. The molecule has 0 heterocycles. The van der Waals surface area contributed by atoms with Crippen LogP contribution < -0.4 is 5.32 Å². The van der Waals surface area contributed by atoms with Crippen LogP contribution in [-0.4, -0.2) is 18.3 Å². The van der Waals surface area contributed by atoms with Gasteiger partial charge in [0.15, 0.2) is 0 Å². The Bertz CT molecular complexity index is 311. The Morgan fingerprint density at radius 3 is 2.20 bits per heavy atom. The van der Waals surface area contributed by atoms with Crippen molar-refractivity contribution in [2.75, 3.05) is 18.5 Å². The summed E-state index contributed by atoms with van der Waals surface area (Å²) in [6.45, 7) is 9.28. The second kappa shape index (κ2) is 4.67. The molecule has 0 fully saturated rings. The molecule has 0 unspecified atom stereocenters. The van der Waals surface area contributed by atoms with Crippen LogP contribution in [0.1, 0.15) is 25.0 Å². The van der Waals surface area contributed by atoms with Gasteiger partial charge in [0.05, 0.1) is 0 Å². The molecule has 1 rings (SSSR count). The number of benzene rings is 1. The number of aryl methyl sites for hydroxylation is 2. The van der Waals surface area contributed by atoms with E-state index in [0.717, 1.165) is 6.54 Å². The third kappa shape index (κ3) is 3.24. The second-order valence-electron chi connectivity index (χ2n) is 4.94. The third-order valence-electron chi connectivity index (χ3n) is 2.65. The summed E-state index contributed by atoms with van der Waals surface area (Å²) in [6.07, 6.45) is 0. The summed E-state index contributed by atoms with van der Waals surface area (Å²) >= 11 is 0. The molecular formula is C13H21NO. The summed E-state index contributed by atoms with van der Waals surface area (Å²) in [7, 11) is 0. The van der Waals surface area contributed by atoms with Crippen LogP contribution in [0.4, 0.5) is 5.69 Å². The van der Waals surface area contributed by atoms with E-state index in [1.54, 1.807) is 0 Å². The van der Waals surface area contributed by atoms with Gasteiger partial charge in [-0.2, -0.15) is 0 Å². The molecule has 0 saturated carbocycles. The summed E-state index contributed by atoms with van der Waals surface area (Å²) in [5, 5.41) is 12.6. The fourth-order valence-corrected chi connectivity index (χ4v) is 1.48. The van der Waals surface area contributed by atoms with Gasteiger partial charge in [-0.05, 0) is 25.0 Å². The van der Waals surface area contributed by atoms with E-state index >= 15 is 0 Å². The van der Waals surface area contributed by atoms with Crippen molar-refractivity contribution in [1.29, 1.82) is 0 Å². The minimum Gasteiger partial charge on any atom is -0.396 e. The quantitative estimate of drug-likeness (QED) is 0.795. The van der Waals surface area contributed by atoms with Crippen molar-refractivity contribution in [1.82, 2.24) is 0 Å². The van der Waals surface area contributed by atoms with Crippen molar-refractivity contribution in [2.45, 2.75) is 27.7 Å². The van der Waals surface area contributed by atoms with Crippen molar-refractivity contribution in [3.63, 3.8) is 0 Å². The summed E-state index contributed by atoms with van der Waals surface area (Å²) in [6, 6.07) is 6.26. The van der Waals surface area contributed by atoms with Gasteiger partial charge >= 0.3 is 0 Å². The van der Waals surface area contributed by atoms with Gasteiger partial charge in [0, 0.05) is 24.3 Å². The van der Waals surface area contributed by atoms with Crippen LogP contribution in [0.3, 0.4) is 0 Å². The first-order valence-corrected chi connectivity index (χ1v) is 5.37. The molecule has 0 bridgehead atoms. The van der Waals surface area contributed by atoms with Crippen LogP contribution in [0, 0.1) is 19.3 Å². The van der Waals surface area contributed by atoms with Crippen LogP contribution in [0.25, 0.3) is 0 Å². The number of aliphatic hydroxyl groups is 1. The lowest BCUT2D eigenvalue weighted by Crippen LogP contribution is -2.27. The summed E-state index contributed by atoms with van der Waals surface area (Å²) in [5.74, 6) is 0. The van der Waals surface area contributed by atoms with Gasteiger partial charge in [-0.3, -0.25) is 0 Å². The third-order valence-corrected chi connectivity index (χ3v) is 2.65. The number of para-hydroxylation sites is 1. The highest BCUT2D eigenvalue weighted by atomic mass is 16.3. The lowest BCUT2D eigenvalue weighted by atomic mass is 9.94. The molecule has 0 saturated heterocycles. The van der Waals surface area contributed by atoms with Gasteiger partial charge in [-0.15, -0.1) is 0 Å². The Balaban J connectivity index is 2.73. The topological polar surface area (TPSA) is 32.3 Å². The molecule has 15 heavy (non-hydrogen) atoms. The monoisotopic (exact) mass is 207 g/mol. The molecular weight excluding hydrogens is 186 g/mol. The summed E-state index contributed by atoms with van der Waals surface area (Å²) in [4.78, 5) is 0. The van der Waals surface area contributed by atoms with Gasteiger partial charge < -0.3 is 10.4 Å². The highest BCUT2D eigenvalue weighted by Gasteiger charge is 2.16. The first-order chi connectivity index (χ1) is 6.96. The molecule has 2 heteroatoms. The molecule has 0 spiro atoms. The number of anilines is 1. The Kier molecular flexibility index (Phi) is 3.75. The van der Waals surface area contributed by atoms with E-state index in [4.69, 9.17) is 0 Å². The molecule has 0 radical (unpaired) electrons. The summed E-state index contributed by atoms with van der Waals surface area (Å²) < 4.78 is 0. The van der Waals surface area contributed by atoms with Crippen molar-refractivity contribution in [3.05, 3.63) is 29.3 Å². The number of hydrogen-bond acceptors (Lipinski definition) is 2. The maximum atomic E-state index is 9.17. The van der Waals surface area contributed by atoms with Crippen molar-refractivity contribution in [2.24, 2.45) is 5.41 Å². The van der Waals surface area contributed by atoms with Crippen molar-refractivity contribution >= 4 is 5.69 Å². The molecule has 0 aliphatic carbocycles. The smallest absolute Gasteiger partial charge is 0.0498 e. The van der Waals surface area contributed by atoms with Gasteiger partial charge in [0.1, 0.15) is 0 Å². The Labute approximate surface area is 92.3 Å². The largest absolute Gasteiger partial charge is 0.396 e. The molecule has 0 aliphatic rings. The van der Waals surface area contributed by atoms with Gasteiger partial charge in [-0.1, -0.05) is 32.0 Å². The van der Waals surface area contributed by atoms with Crippen LogP contribution in [0.15, 0.2) is 18.2 Å². The van der Waals surface area contributed by atoms with E-state index in [1.807, 2.05) is 13.8 Å². The number of rotatable bonds is 4. The highest BCUT2D eigenvalue weighted by molar-refractivity contribution is 5.56. The average Bonchev–Trinajstić information content (AvgIpc) is 2.17. The van der Waals surface area contributed by atoms with E-state index in [2.05, 4.69) is 37.4 Å². The fourth-order valence-electron chi connectivity index (χ4n) is 1.48. The zero-order valence-electron chi connectivity index (χ0n) is 10.1. The van der Waals surface area contributed by atoms with Gasteiger partial charge in [0.25, 0.3) is 0 Å². The van der Waals surface area contributed by atoms with Crippen LogP contribution >= 0.6 is 0 Å². The standard InChI is InChI=1S/C13H21NO/c1-10-6-5-7-11(2)12(10)14-8-13(3,4)9-15/h5-7,14-15H,8-9H2,1-4H3. The maximum absolute atomic E-state index is 9.17. The lowest BCUT2D eigenvalue weighted by Gasteiger charge is -2.24. The van der Waals surface area contributed by atoms with E-state index in [0.29, 0.717) is 0 Å². The minimum atomic E-state index is -0.0747. The minimum absolute atomic E-state index is 0.0747. The van der Waals surface area contributed by atoms with Crippen molar-refractivity contribution in [3.8, 4) is 0 Å². The molecule has 0 aliphatic heterocycles. The van der Waals surface area contributed by atoms with Crippen molar-refractivity contribution < 1.29 is 5.11 Å². The predicted octanol–water partition coefficient (Wildman–Crippen LogP) is 2.73. The molecule has 84 valence electrons. The predicted molar refractivity (Wildman–Crippen MR) is 65.3 cm³/mol. The maximum Gasteiger partial charge on any atom is 0.0498 e. The van der Waals surface area contributed by atoms with E-state index in [-0.39, 0.29) is 12.0 Å². The van der Waals surface area contributed by atoms with Gasteiger partial charge in [-0.25, -0.2) is 0 Å². The molecule has 1 aromatic carbocycles. The Hall–Kier alpha value is -1.02. The van der Waals surface area contributed by atoms with Crippen LogP contribution in [0.2, 0.25) is 0 Å². The SMILES string of the molecule is Cc1cccc(C)c1NCC(C)(C)CO. The molecule has 0 atom stereocenters. The van der Waals surface area contributed by atoms with E-state index in [1.165, 1.54) is 16.8 Å². The molecule has 0 aromatic heterocycles. The van der Waals surface area contributed by atoms with Gasteiger partial charge in [0.2, 0.25) is 0 Å². The number of hydrogen-bond donors (Lipinski definition) is 2. The zero-order valence-corrected chi connectivity index (χ0v) is 10.1. The molecule has 2 nitrogen and oxygen atoms in total. The molecule has 0 amide bonds. The lowest BCUT2D eigenvalue weighted by molar-refractivity contribution is 0.171. The number of aliphatic hydroxyl groups excluding tert-OH is 1. The number of nitrogens with one attached hydrogen (secondary N) is 1. The van der Waals surface area contributed by atoms with Crippen LogP contribution in [0.5, 0.6) is 0 Å². The normalized spacial score (nSPS) is 11.5. The molecule has 2 N–H and O–H groups in total. The fraction of sp³-hybridized carbons (Fsp3) is 0.538. The highest BCUT2D eigenvalue weighted by Crippen LogP contribution is 2.22. The first-order valence-electron chi connectivity index (χ1n) is 5.37. The Morgan fingerprint density at radius 2 is 1.73 bits per heavy atom. The molecule has 1 aromatic rings.